The molecule has 19 heavy (non-hydrogen) atoms. The molecular formula is C11H9ClFN3O2S. The normalized spacial score (nSPS) is 10.7. The highest BCUT2D eigenvalue weighted by molar-refractivity contribution is 7.99. The average molecular weight is 302 g/mol. The predicted octanol–water partition coefficient (Wildman–Crippen LogP) is 2.54. The SMILES string of the molecule is Cc1nnc(SCC(=O)O)n1-c1ccc(F)cc1Cl. The minimum absolute atomic E-state index is 0.142. The van der Waals surface area contributed by atoms with Crippen molar-refractivity contribution in [2.45, 2.75) is 12.1 Å². The van der Waals surface area contributed by atoms with Crippen LogP contribution in [0.15, 0.2) is 23.4 Å². The first-order chi connectivity index (χ1) is 8.99. The van der Waals surface area contributed by atoms with Gasteiger partial charge in [-0.2, -0.15) is 0 Å². The van der Waals surface area contributed by atoms with Crippen molar-refractivity contribution >= 4 is 29.3 Å². The van der Waals surface area contributed by atoms with Crippen LogP contribution in [0.5, 0.6) is 0 Å². The number of benzene rings is 1. The summed E-state index contributed by atoms with van der Waals surface area (Å²) in [5.41, 5.74) is 0.512. The average Bonchev–Trinajstić information content (AvgIpc) is 2.68. The number of aryl methyl sites for hydroxylation is 1. The summed E-state index contributed by atoms with van der Waals surface area (Å²) < 4.78 is 14.6. The Morgan fingerprint density at radius 2 is 2.26 bits per heavy atom. The van der Waals surface area contributed by atoms with Crippen molar-refractivity contribution in [2.24, 2.45) is 0 Å². The third-order valence-corrected chi connectivity index (χ3v) is 3.49. The standard InChI is InChI=1S/C11H9ClFN3O2S/c1-6-14-15-11(19-5-10(17)18)16(6)9-3-2-7(13)4-8(9)12/h2-4H,5H2,1H3,(H,17,18). The molecule has 1 heterocycles. The van der Waals surface area contributed by atoms with Crippen LogP contribution in [0.3, 0.4) is 0 Å². The third kappa shape index (κ3) is 3.05. The fraction of sp³-hybridized carbons (Fsp3) is 0.182. The van der Waals surface area contributed by atoms with Crippen LogP contribution in [0.1, 0.15) is 5.82 Å². The van der Waals surface area contributed by atoms with Crippen LogP contribution in [-0.4, -0.2) is 31.6 Å². The Morgan fingerprint density at radius 3 is 2.89 bits per heavy atom. The van der Waals surface area contributed by atoms with E-state index in [1.807, 2.05) is 0 Å². The second-order valence-corrected chi connectivity index (χ2v) is 4.99. The lowest BCUT2D eigenvalue weighted by atomic mass is 10.3. The van der Waals surface area contributed by atoms with E-state index in [0.717, 1.165) is 11.8 Å². The van der Waals surface area contributed by atoms with Gasteiger partial charge in [0.15, 0.2) is 5.16 Å². The van der Waals surface area contributed by atoms with Gasteiger partial charge in [0.25, 0.3) is 0 Å². The Balaban J connectivity index is 2.43. The van der Waals surface area contributed by atoms with Crippen LogP contribution in [0.25, 0.3) is 5.69 Å². The molecule has 2 aromatic rings. The molecule has 5 nitrogen and oxygen atoms in total. The maximum Gasteiger partial charge on any atom is 0.313 e. The second kappa shape index (κ2) is 5.58. The molecule has 0 bridgehead atoms. The van der Waals surface area contributed by atoms with Gasteiger partial charge in [0.1, 0.15) is 11.6 Å². The largest absolute Gasteiger partial charge is 0.481 e. The van der Waals surface area contributed by atoms with Gasteiger partial charge in [-0.15, -0.1) is 10.2 Å². The zero-order valence-electron chi connectivity index (χ0n) is 9.80. The molecule has 0 aliphatic rings. The third-order valence-electron chi connectivity index (χ3n) is 2.27. The van der Waals surface area contributed by atoms with E-state index < -0.39 is 11.8 Å². The van der Waals surface area contributed by atoms with E-state index in [4.69, 9.17) is 16.7 Å². The summed E-state index contributed by atoms with van der Waals surface area (Å²) in [7, 11) is 0. The summed E-state index contributed by atoms with van der Waals surface area (Å²) in [6, 6.07) is 3.95. The number of thioether (sulfide) groups is 1. The monoisotopic (exact) mass is 301 g/mol. The molecule has 0 aliphatic heterocycles. The van der Waals surface area contributed by atoms with Gasteiger partial charge in [0, 0.05) is 0 Å². The topological polar surface area (TPSA) is 68.0 Å². The van der Waals surface area contributed by atoms with Crippen molar-refractivity contribution in [3.05, 3.63) is 34.9 Å². The van der Waals surface area contributed by atoms with Crippen molar-refractivity contribution in [2.75, 3.05) is 5.75 Å². The number of aliphatic carboxylic acids is 1. The molecule has 8 heteroatoms. The van der Waals surface area contributed by atoms with Crippen molar-refractivity contribution in [3.63, 3.8) is 0 Å². The maximum atomic E-state index is 13.0. The molecule has 0 atom stereocenters. The zero-order chi connectivity index (χ0) is 14.0. The van der Waals surface area contributed by atoms with Gasteiger partial charge in [-0.3, -0.25) is 9.36 Å². The molecule has 0 amide bonds. The highest BCUT2D eigenvalue weighted by Gasteiger charge is 2.15. The van der Waals surface area contributed by atoms with Gasteiger partial charge in [0.2, 0.25) is 0 Å². The van der Waals surface area contributed by atoms with Crippen molar-refractivity contribution < 1.29 is 14.3 Å². The van der Waals surface area contributed by atoms with E-state index in [-0.39, 0.29) is 10.8 Å². The fourth-order valence-electron chi connectivity index (χ4n) is 1.50. The van der Waals surface area contributed by atoms with Gasteiger partial charge in [-0.1, -0.05) is 23.4 Å². The molecule has 0 fully saturated rings. The van der Waals surface area contributed by atoms with Crippen molar-refractivity contribution in [1.29, 1.82) is 0 Å². The van der Waals surface area contributed by atoms with E-state index >= 15 is 0 Å². The second-order valence-electron chi connectivity index (χ2n) is 3.64. The zero-order valence-corrected chi connectivity index (χ0v) is 11.4. The Bertz CT molecular complexity index is 632. The van der Waals surface area contributed by atoms with Crippen LogP contribution in [-0.2, 0) is 4.79 Å². The lowest BCUT2D eigenvalue weighted by Crippen LogP contribution is -2.03. The number of halogens is 2. The highest BCUT2D eigenvalue weighted by Crippen LogP contribution is 2.27. The Labute approximate surface area is 117 Å². The number of hydrogen-bond acceptors (Lipinski definition) is 4. The summed E-state index contributed by atoms with van der Waals surface area (Å²) in [6.07, 6.45) is 0. The van der Waals surface area contributed by atoms with E-state index in [2.05, 4.69) is 10.2 Å². The first-order valence-corrected chi connectivity index (χ1v) is 6.57. The number of aromatic nitrogens is 3. The molecule has 0 saturated carbocycles. The van der Waals surface area contributed by atoms with Crippen molar-refractivity contribution in [1.82, 2.24) is 14.8 Å². The molecule has 0 radical (unpaired) electrons. The first-order valence-electron chi connectivity index (χ1n) is 5.21. The minimum Gasteiger partial charge on any atom is -0.481 e. The van der Waals surface area contributed by atoms with Gasteiger partial charge in [-0.25, -0.2) is 4.39 Å². The van der Waals surface area contributed by atoms with E-state index in [1.54, 1.807) is 11.5 Å². The molecule has 1 aromatic carbocycles. The van der Waals surface area contributed by atoms with E-state index in [0.29, 0.717) is 16.7 Å². The van der Waals surface area contributed by atoms with Crippen LogP contribution >= 0.6 is 23.4 Å². The summed E-state index contributed by atoms with van der Waals surface area (Å²) in [5, 5.41) is 17.1. The highest BCUT2D eigenvalue weighted by atomic mass is 35.5. The van der Waals surface area contributed by atoms with Crippen LogP contribution in [0.2, 0.25) is 5.02 Å². The Morgan fingerprint density at radius 1 is 1.53 bits per heavy atom. The molecule has 0 aliphatic carbocycles. The van der Waals surface area contributed by atoms with Gasteiger partial charge < -0.3 is 5.11 Å². The molecule has 100 valence electrons. The van der Waals surface area contributed by atoms with Crippen molar-refractivity contribution in [3.8, 4) is 5.69 Å². The van der Waals surface area contributed by atoms with Crippen LogP contribution in [0.4, 0.5) is 4.39 Å². The van der Waals surface area contributed by atoms with Crippen LogP contribution in [0, 0.1) is 12.7 Å². The van der Waals surface area contributed by atoms with E-state index in [1.165, 1.54) is 18.2 Å². The van der Waals surface area contributed by atoms with Gasteiger partial charge in [-0.05, 0) is 25.1 Å². The Hall–Kier alpha value is -1.60. The lowest BCUT2D eigenvalue weighted by Gasteiger charge is -2.09. The van der Waals surface area contributed by atoms with Gasteiger partial charge >= 0.3 is 5.97 Å². The van der Waals surface area contributed by atoms with Crippen LogP contribution < -0.4 is 0 Å². The fourth-order valence-corrected chi connectivity index (χ4v) is 2.47. The summed E-state index contributed by atoms with van der Waals surface area (Å²) >= 11 is 7.01. The molecule has 1 N–H and O–H groups in total. The predicted molar refractivity (Wildman–Crippen MR) is 69.4 cm³/mol. The molecular weight excluding hydrogens is 293 g/mol. The van der Waals surface area contributed by atoms with E-state index in [9.17, 15) is 9.18 Å². The summed E-state index contributed by atoms with van der Waals surface area (Å²) in [5.74, 6) is -1.00. The van der Waals surface area contributed by atoms with Gasteiger partial charge in [0.05, 0.1) is 16.5 Å². The number of carbonyl (C=O) groups is 1. The molecule has 0 saturated heterocycles. The summed E-state index contributed by atoms with van der Waals surface area (Å²) in [4.78, 5) is 10.6. The number of rotatable bonds is 4. The number of carboxylic acid groups (broad SMARTS) is 1. The lowest BCUT2D eigenvalue weighted by molar-refractivity contribution is -0.133. The summed E-state index contributed by atoms with van der Waals surface area (Å²) in [6.45, 7) is 1.71. The maximum absolute atomic E-state index is 13.0. The molecule has 0 unspecified atom stereocenters. The Kier molecular flexibility index (Phi) is 4.06. The smallest absolute Gasteiger partial charge is 0.313 e. The molecule has 0 spiro atoms. The number of nitrogens with zero attached hydrogens (tertiary/aromatic N) is 3. The number of carboxylic acids is 1. The number of hydrogen-bond donors (Lipinski definition) is 1. The quantitative estimate of drug-likeness (QED) is 0.879. The molecule has 2 rings (SSSR count). The first kappa shape index (κ1) is 13.8. The minimum atomic E-state index is -0.956. The molecule has 1 aromatic heterocycles.